The molecule has 2 atom stereocenters. The maximum Gasteiger partial charge on any atom is 0.406 e. The van der Waals surface area contributed by atoms with Gasteiger partial charge in [0.2, 0.25) is 0 Å². The Balaban J connectivity index is 0.000000402. The number of aromatic carboxylic acids is 1. The zero-order valence-corrected chi connectivity index (χ0v) is 26.5. The van der Waals surface area contributed by atoms with Crippen molar-refractivity contribution in [2.45, 2.75) is 38.5 Å². The predicted octanol–water partition coefficient (Wildman–Crippen LogP) is 4.66. The molecule has 1 aliphatic rings. The highest BCUT2D eigenvalue weighted by Gasteiger charge is 2.31. The molecule has 0 saturated carbocycles. The molecular formula is C33H44F3N5O5. The second-order valence-electron chi connectivity index (χ2n) is 11.0. The van der Waals surface area contributed by atoms with Crippen molar-refractivity contribution in [3.05, 3.63) is 53.7 Å². The minimum Gasteiger partial charge on any atom is -0.495 e. The second-order valence-corrected chi connectivity index (χ2v) is 11.0. The first-order chi connectivity index (χ1) is 22.0. The number of likely N-dealkylation sites (tertiary alicyclic amines) is 1. The van der Waals surface area contributed by atoms with Crippen LogP contribution < -0.4 is 21.5 Å². The van der Waals surface area contributed by atoms with E-state index in [2.05, 4.69) is 29.1 Å². The number of benzene rings is 2. The van der Waals surface area contributed by atoms with Gasteiger partial charge in [-0.15, -0.1) is 0 Å². The fourth-order valence-corrected chi connectivity index (χ4v) is 5.40. The molecule has 0 spiro atoms. The predicted molar refractivity (Wildman–Crippen MR) is 173 cm³/mol. The monoisotopic (exact) mass is 647 g/mol. The molecule has 3 aromatic rings. The third-order valence-electron chi connectivity index (χ3n) is 7.56. The van der Waals surface area contributed by atoms with Crippen molar-refractivity contribution in [3.63, 3.8) is 0 Å². The highest BCUT2D eigenvalue weighted by Crippen LogP contribution is 2.32. The summed E-state index contributed by atoms with van der Waals surface area (Å²) >= 11 is 0. The van der Waals surface area contributed by atoms with Gasteiger partial charge in [-0.3, -0.25) is 0 Å². The number of halogens is 3. The molecule has 1 aliphatic heterocycles. The topological polar surface area (TPSA) is 137 Å². The fourth-order valence-electron chi connectivity index (χ4n) is 5.40. The number of carboxylic acids is 1. The molecule has 1 fully saturated rings. The van der Waals surface area contributed by atoms with E-state index in [1.807, 2.05) is 6.07 Å². The Morgan fingerprint density at radius 1 is 1.13 bits per heavy atom. The number of methoxy groups -OCH3 is 1. The van der Waals surface area contributed by atoms with E-state index in [1.165, 1.54) is 29.9 Å². The lowest BCUT2D eigenvalue weighted by atomic mass is 9.89. The van der Waals surface area contributed by atoms with Crippen LogP contribution in [0.2, 0.25) is 0 Å². The highest BCUT2D eigenvalue weighted by molar-refractivity contribution is 5.94. The van der Waals surface area contributed by atoms with E-state index in [-0.39, 0.29) is 11.6 Å². The molecule has 0 amide bonds. The number of aromatic nitrogens is 1. The normalized spacial score (nSPS) is 16.7. The van der Waals surface area contributed by atoms with Crippen molar-refractivity contribution < 1.29 is 37.3 Å². The van der Waals surface area contributed by atoms with Crippen LogP contribution in [0.15, 0.2) is 42.5 Å². The molecule has 1 aromatic heterocycles. The molecule has 252 valence electrons. The Hall–Kier alpha value is -3.96. The minimum atomic E-state index is -4.33. The zero-order chi connectivity index (χ0) is 33.7. The summed E-state index contributed by atoms with van der Waals surface area (Å²) in [7, 11) is 3.59. The number of fused-ring (bicyclic) bond motifs is 1. The van der Waals surface area contributed by atoms with Gasteiger partial charge in [0.05, 0.1) is 49.4 Å². The van der Waals surface area contributed by atoms with Crippen LogP contribution in [-0.4, -0.2) is 93.0 Å². The summed E-state index contributed by atoms with van der Waals surface area (Å²) in [6, 6.07) is 11.7. The number of nitrogens with one attached hydrogen (secondary N) is 1. The van der Waals surface area contributed by atoms with E-state index in [0.717, 1.165) is 37.0 Å². The SMILES string of the molecule is CC#Cc1cc2c(NC3CCN(C)CC3CCOCCOCCN)cccc2n1CC(F)(F)F.COc1ccc(C(=O)O)cc1N. The number of hydrogen-bond donors (Lipinski definition) is 4. The number of nitrogen functional groups attached to an aromatic ring is 1. The lowest BCUT2D eigenvalue weighted by Gasteiger charge is -2.38. The van der Waals surface area contributed by atoms with Crippen LogP contribution in [0.25, 0.3) is 10.9 Å². The Kier molecular flexibility index (Phi) is 14.0. The first-order valence-electron chi connectivity index (χ1n) is 15.1. The summed E-state index contributed by atoms with van der Waals surface area (Å²) in [4.78, 5) is 12.8. The van der Waals surface area contributed by atoms with Gasteiger partial charge in [0.15, 0.2) is 0 Å². The van der Waals surface area contributed by atoms with Gasteiger partial charge in [-0.25, -0.2) is 4.79 Å². The molecule has 0 aliphatic carbocycles. The van der Waals surface area contributed by atoms with Crippen LogP contribution in [-0.2, 0) is 16.0 Å². The van der Waals surface area contributed by atoms with Gasteiger partial charge in [0.25, 0.3) is 0 Å². The van der Waals surface area contributed by atoms with E-state index in [1.54, 1.807) is 25.1 Å². The Labute approximate surface area is 267 Å². The number of carbonyl (C=O) groups is 1. The third-order valence-corrected chi connectivity index (χ3v) is 7.56. The lowest BCUT2D eigenvalue weighted by Crippen LogP contribution is -2.45. The van der Waals surface area contributed by atoms with Crippen LogP contribution in [0.1, 0.15) is 35.8 Å². The van der Waals surface area contributed by atoms with Gasteiger partial charge in [0.1, 0.15) is 12.3 Å². The van der Waals surface area contributed by atoms with Gasteiger partial charge in [-0.05, 0) is 81.6 Å². The maximum atomic E-state index is 13.2. The van der Waals surface area contributed by atoms with Crippen LogP contribution in [0.4, 0.5) is 24.5 Å². The van der Waals surface area contributed by atoms with E-state index in [4.69, 9.17) is 30.8 Å². The highest BCUT2D eigenvalue weighted by atomic mass is 19.4. The number of carboxylic acid groups (broad SMARTS) is 1. The van der Waals surface area contributed by atoms with Gasteiger partial charge in [-0.1, -0.05) is 12.0 Å². The molecular weight excluding hydrogens is 603 g/mol. The first kappa shape index (κ1) is 36.5. The van der Waals surface area contributed by atoms with Crippen molar-refractivity contribution in [3.8, 4) is 17.6 Å². The Morgan fingerprint density at radius 3 is 2.50 bits per heavy atom. The average Bonchev–Trinajstić information content (AvgIpc) is 3.34. The average molecular weight is 648 g/mol. The van der Waals surface area contributed by atoms with Crippen LogP contribution in [0.3, 0.4) is 0 Å². The second kappa shape index (κ2) is 17.7. The summed E-state index contributed by atoms with van der Waals surface area (Å²) in [6.45, 7) is 5.19. The smallest absolute Gasteiger partial charge is 0.406 e. The largest absolute Gasteiger partial charge is 0.495 e. The Bertz CT molecular complexity index is 1480. The number of nitrogens with two attached hydrogens (primary N) is 2. The van der Waals surface area contributed by atoms with Crippen molar-refractivity contribution in [2.24, 2.45) is 11.7 Å². The number of anilines is 2. The minimum absolute atomic E-state index is 0.160. The molecule has 2 unspecified atom stereocenters. The molecule has 0 radical (unpaired) electrons. The first-order valence-corrected chi connectivity index (χ1v) is 15.1. The zero-order valence-electron chi connectivity index (χ0n) is 26.5. The maximum absolute atomic E-state index is 13.2. The molecule has 10 nitrogen and oxygen atoms in total. The van der Waals surface area contributed by atoms with Crippen molar-refractivity contribution in [2.75, 3.05) is 71.3 Å². The molecule has 46 heavy (non-hydrogen) atoms. The summed E-state index contributed by atoms with van der Waals surface area (Å²) in [5, 5.41) is 13.0. The van der Waals surface area contributed by atoms with E-state index < -0.39 is 18.7 Å². The summed E-state index contributed by atoms with van der Waals surface area (Å²) in [5.41, 5.74) is 13.1. The van der Waals surface area contributed by atoms with Gasteiger partial charge < -0.3 is 45.6 Å². The number of rotatable bonds is 13. The fraction of sp³-hybridized carbons (Fsp3) is 0.485. The van der Waals surface area contributed by atoms with Gasteiger partial charge in [-0.2, -0.15) is 13.2 Å². The van der Waals surface area contributed by atoms with Crippen LogP contribution >= 0.6 is 0 Å². The number of hydrogen-bond acceptors (Lipinski definition) is 8. The molecule has 13 heteroatoms. The molecule has 2 heterocycles. The molecule has 0 bridgehead atoms. The van der Waals surface area contributed by atoms with E-state index in [0.29, 0.717) is 61.5 Å². The third kappa shape index (κ3) is 10.8. The van der Waals surface area contributed by atoms with Gasteiger partial charge in [0, 0.05) is 36.8 Å². The van der Waals surface area contributed by atoms with Crippen LogP contribution in [0, 0.1) is 17.8 Å². The number of alkyl halides is 3. The number of ether oxygens (including phenoxy) is 3. The van der Waals surface area contributed by atoms with Crippen molar-refractivity contribution >= 4 is 28.2 Å². The van der Waals surface area contributed by atoms with Crippen LogP contribution in [0.5, 0.6) is 5.75 Å². The van der Waals surface area contributed by atoms with Gasteiger partial charge >= 0.3 is 12.1 Å². The molecule has 1 saturated heterocycles. The Morgan fingerprint density at radius 2 is 1.87 bits per heavy atom. The summed E-state index contributed by atoms with van der Waals surface area (Å²) < 4.78 is 56.9. The molecule has 2 aromatic carbocycles. The molecule has 6 N–H and O–H groups in total. The number of piperidine rings is 1. The standard InChI is InChI=1S/C25H35F3N4O2.C8H9NO3/c1-3-5-20-16-21-23(6-4-7-24(21)32(20)18-25(26,27)28)30-22-8-11-31(2)17-19(22)9-12-33-14-15-34-13-10-29;1-12-7-3-2-5(8(10)11)4-6(7)9/h4,6-7,16,19,22,30H,8-15,17-18,29H2,1-2H3;2-4H,9H2,1H3,(H,10,11). The quantitative estimate of drug-likeness (QED) is 0.119. The summed E-state index contributed by atoms with van der Waals surface area (Å²) in [5.74, 6) is 5.41. The number of nitrogens with zero attached hydrogens (tertiary/aromatic N) is 2. The van der Waals surface area contributed by atoms with Crippen molar-refractivity contribution in [1.82, 2.24) is 9.47 Å². The lowest BCUT2D eigenvalue weighted by molar-refractivity contribution is -0.140. The van der Waals surface area contributed by atoms with E-state index >= 15 is 0 Å². The molecule has 4 rings (SSSR count). The van der Waals surface area contributed by atoms with E-state index in [9.17, 15) is 18.0 Å². The summed E-state index contributed by atoms with van der Waals surface area (Å²) in [6.07, 6.45) is -2.49. The van der Waals surface area contributed by atoms with Crippen molar-refractivity contribution in [1.29, 1.82) is 0 Å².